The summed E-state index contributed by atoms with van der Waals surface area (Å²) in [4.78, 5) is 0. The predicted molar refractivity (Wildman–Crippen MR) is 65.1 cm³/mol. The van der Waals surface area contributed by atoms with Gasteiger partial charge in [-0.05, 0) is 44.6 Å². The number of hydrogen-bond donors (Lipinski definition) is 0. The molecule has 0 N–H and O–H groups in total. The van der Waals surface area contributed by atoms with Gasteiger partial charge in [0.1, 0.15) is 0 Å². The van der Waals surface area contributed by atoms with E-state index in [1.54, 1.807) is 0 Å². The summed E-state index contributed by atoms with van der Waals surface area (Å²) >= 11 is 0. The first-order valence-electron chi connectivity index (χ1n) is 6.23. The van der Waals surface area contributed by atoms with E-state index in [9.17, 15) is 0 Å². The summed E-state index contributed by atoms with van der Waals surface area (Å²) in [6.45, 7) is 10.7. The molecule has 0 aromatic carbocycles. The number of rotatable bonds is 1. The molecular weight excluding hydrogens is 184 g/mol. The van der Waals surface area contributed by atoms with E-state index in [0.29, 0.717) is 6.04 Å². The first kappa shape index (κ1) is 12.3. The lowest BCUT2D eigenvalue weighted by Crippen LogP contribution is -2.15. The zero-order valence-electron chi connectivity index (χ0n) is 10.7. The van der Waals surface area contributed by atoms with Gasteiger partial charge >= 0.3 is 0 Å². The molecule has 2 heteroatoms. The van der Waals surface area contributed by atoms with Crippen molar-refractivity contribution in [1.82, 2.24) is 9.78 Å². The van der Waals surface area contributed by atoms with Crippen molar-refractivity contribution >= 4 is 0 Å². The van der Waals surface area contributed by atoms with Crippen LogP contribution >= 0.6 is 0 Å². The van der Waals surface area contributed by atoms with Crippen LogP contribution in [0.4, 0.5) is 0 Å². The van der Waals surface area contributed by atoms with Gasteiger partial charge in [0.05, 0.1) is 6.20 Å². The summed E-state index contributed by atoms with van der Waals surface area (Å²) in [5.41, 5.74) is 2.96. The van der Waals surface area contributed by atoms with Crippen molar-refractivity contribution in [3.05, 3.63) is 17.5 Å². The molecule has 0 spiro atoms. The first-order valence-corrected chi connectivity index (χ1v) is 6.23. The Labute approximate surface area is 93.7 Å². The average Bonchev–Trinajstić information content (AvgIpc) is 2.63. The maximum Gasteiger partial charge on any atom is 0.0524 e. The number of fused-ring (bicyclic) bond motifs is 1. The van der Waals surface area contributed by atoms with Crippen LogP contribution in [0.2, 0.25) is 0 Å². The van der Waals surface area contributed by atoms with Crippen LogP contribution in [-0.2, 0) is 12.8 Å². The highest BCUT2D eigenvalue weighted by atomic mass is 15.3. The van der Waals surface area contributed by atoms with Gasteiger partial charge < -0.3 is 0 Å². The van der Waals surface area contributed by atoms with Gasteiger partial charge in [-0.2, -0.15) is 5.10 Å². The molecule has 0 saturated heterocycles. The molecular formula is C13H24N2. The molecule has 1 heterocycles. The molecule has 0 fully saturated rings. The normalized spacial score (nSPS) is 19.5. The summed E-state index contributed by atoms with van der Waals surface area (Å²) in [7, 11) is 0. The summed E-state index contributed by atoms with van der Waals surface area (Å²) in [5.74, 6) is 0.845. The van der Waals surface area contributed by atoms with Crippen molar-refractivity contribution in [2.75, 3.05) is 0 Å². The van der Waals surface area contributed by atoms with Crippen molar-refractivity contribution in [3.8, 4) is 0 Å². The van der Waals surface area contributed by atoms with Crippen LogP contribution in [-0.4, -0.2) is 9.78 Å². The SMILES string of the molecule is CC.CC1CCc2c(cnn2C(C)C)C1. The van der Waals surface area contributed by atoms with Crippen LogP contribution in [0.15, 0.2) is 6.20 Å². The van der Waals surface area contributed by atoms with E-state index in [4.69, 9.17) is 0 Å². The van der Waals surface area contributed by atoms with E-state index in [0.717, 1.165) is 5.92 Å². The molecule has 1 aromatic heterocycles. The zero-order valence-corrected chi connectivity index (χ0v) is 10.7. The third-order valence-electron chi connectivity index (χ3n) is 2.92. The van der Waals surface area contributed by atoms with E-state index in [1.807, 2.05) is 13.8 Å². The number of aromatic nitrogens is 2. The fourth-order valence-electron chi connectivity index (χ4n) is 2.17. The molecule has 1 unspecified atom stereocenters. The second-order valence-corrected chi connectivity index (χ2v) is 4.50. The monoisotopic (exact) mass is 208 g/mol. The van der Waals surface area contributed by atoms with Gasteiger partial charge in [-0.3, -0.25) is 4.68 Å². The number of nitrogens with zero attached hydrogens (tertiary/aromatic N) is 2. The van der Waals surface area contributed by atoms with Gasteiger partial charge in [0.2, 0.25) is 0 Å². The van der Waals surface area contributed by atoms with E-state index in [-0.39, 0.29) is 0 Å². The Bertz CT molecular complexity index is 299. The summed E-state index contributed by atoms with van der Waals surface area (Å²) in [5, 5.41) is 4.45. The first-order chi connectivity index (χ1) is 7.18. The Morgan fingerprint density at radius 1 is 1.40 bits per heavy atom. The molecule has 1 aliphatic carbocycles. The molecule has 1 aromatic rings. The largest absolute Gasteiger partial charge is 0.267 e. The maximum atomic E-state index is 4.45. The lowest BCUT2D eigenvalue weighted by atomic mass is 9.89. The minimum atomic E-state index is 0.511. The average molecular weight is 208 g/mol. The molecule has 15 heavy (non-hydrogen) atoms. The van der Waals surface area contributed by atoms with Gasteiger partial charge in [0.25, 0.3) is 0 Å². The standard InChI is InChI=1S/C11H18N2.C2H6/c1-8(2)13-11-5-4-9(3)6-10(11)7-12-13;1-2/h7-9H,4-6H2,1-3H3;1-2H3. The second kappa shape index (κ2) is 5.34. The highest BCUT2D eigenvalue weighted by molar-refractivity contribution is 5.21. The fourth-order valence-corrected chi connectivity index (χ4v) is 2.17. The van der Waals surface area contributed by atoms with Gasteiger partial charge in [-0.15, -0.1) is 0 Å². The molecule has 86 valence electrons. The van der Waals surface area contributed by atoms with Crippen molar-refractivity contribution in [2.45, 2.75) is 59.9 Å². The second-order valence-electron chi connectivity index (χ2n) is 4.50. The van der Waals surface area contributed by atoms with Gasteiger partial charge in [-0.25, -0.2) is 0 Å². The van der Waals surface area contributed by atoms with Crippen LogP contribution in [0.1, 0.15) is 58.3 Å². The Hall–Kier alpha value is -0.790. The minimum Gasteiger partial charge on any atom is -0.267 e. The lowest BCUT2D eigenvalue weighted by Gasteiger charge is -2.20. The van der Waals surface area contributed by atoms with Crippen molar-refractivity contribution in [3.63, 3.8) is 0 Å². The van der Waals surface area contributed by atoms with Crippen LogP contribution in [0.3, 0.4) is 0 Å². The molecule has 0 amide bonds. The Morgan fingerprint density at radius 3 is 2.67 bits per heavy atom. The van der Waals surface area contributed by atoms with Crippen molar-refractivity contribution < 1.29 is 0 Å². The van der Waals surface area contributed by atoms with E-state index < -0.39 is 0 Å². The molecule has 0 saturated carbocycles. The predicted octanol–water partition coefficient (Wildman–Crippen LogP) is 3.62. The van der Waals surface area contributed by atoms with Crippen molar-refractivity contribution in [2.24, 2.45) is 5.92 Å². The molecule has 2 rings (SSSR count). The topological polar surface area (TPSA) is 17.8 Å². The Morgan fingerprint density at radius 2 is 2.07 bits per heavy atom. The summed E-state index contributed by atoms with van der Waals surface area (Å²) < 4.78 is 2.18. The van der Waals surface area contributed by atoms with E-state index >= 15 is 0 Å². The highest BCUT2D eigenvalue weighted by Crippen LogP contribution is 2.26. The summed E-state index contributed by atoms with van der Waals surface area (Å²) in [6.07, 6.45) is 5.83. The summed E-state index contributed by atoms with van der Waals surface area (Å²) in [6, 6.07) is 0.511. The molecule has 1 aliphatic rings. The van der Waals surface area contributed by atoms with Crippen LogP contribution in [0, 0.1) is 5.92 Å². The quantitative estimate of drug-likeness (QED) is 0.689. The maximum absolute atomic E-state index is 4.45. The van der Waals surface area contributed by atoms with E-state index in [1.165, 1.54) is 30.5 Å². The van der Waals surface area contributed by atoms with E-state index in [2.05, 4.69) is 36.7 Å². The molecule has 1 atom stereocenters. The molecule has 0 radical (unpaired) electrons. The van der Waals surface area contributed by atoms with Gasteiger partial charge in [0, 0.05) is 11.7 Å². The third-order valence-corrected chi connectivity index (χ3v) is 2.92. The molecule has 0 bridgehead atoms. The van der Waals surface area contributed by atoms with Gasteiger partial charge in [0.15, 0.2) is 0 Å². The minimum absolute atomic E-state index is 0.511. The zero-order chi connectivity index (χ0) is 11.4. The van der Waals surface area contributed by atoms with Crippen LogP contribution in [0.5, 0.6) is 0 Å². The van der Waals surface area contributed by atoms with Gasteiger partial charge in [-0.1, -0.05) is 20.8 Å². The Kier molecular flexibility index (Phi) is 4.37. The fraction of sp³-hybridized carbons (Fsp3) is 0.769. The number of hydrogen-bond acceptors (Lipinski definition) is 1. The smallest absolute Gasteiger partial charge is 0.0524 e. The lowest BCUT2D eigenvalue weighted by molar-refractivity contribution is 0.453. The highest BCUT2D eigenvalue weighted by Gasteiger charge is 2.20. The van der Waals surface area contributed by atoms with Crippen LogP contribution in [0.25, 0.3) is 0 Å². The van der Waals surface area contributed by atoms with Crippen molar-refractivity contribution in [1.29, 1.82) is 0 Å². The molecule has 0 aliphatic heterocycles. The Balaban J connectivity index is 0.000000531. The molecule has 2 nitrogen and oxygen atoms in total. The third kappa shape index (κ3) is 2.61. The van der Waals surface area contributed by atoms with Crippen LogP contribution < -0.4 is 0 Å².